The quantitative estimate of drug-likeness (QED) is 0.796. The summed E-state index contributed by atoms with van der Waals surface area (Å²) in [6.07, 6.45) is 0. The highest BCUT2D eigenvalue weighted by Crippen LogP contribution is 2.26. The van der Waals surface area contributed by atoms with Crippen molar-refractivity contribution < 1.29 is 5.11 Å². The predicted octanol–water partition coefficient (Wildman–Crippen LogP) is 1.85. The largest absolute Gasteiger partial charge is 0.387 e. The van der Waals surface area contributed by atoms with Gasteiger partial charge in [-0.1, -0.05) is 12.1 Å². The molecule has 0 saturated carbocycles. The van der Waals surface area contributed by atoms with Gasteiger partial charge in [-0.15, -0.1) is 0 Å². The third-order valence-corrected chi connectivity index (χ3v) is 3.66. The third-order valence-electron chi connectivity index (χ3n) is 3.66. The summed E-state index contributed by atoms with van der Waals surface area (Å²) in [7, 11) is 0. The molecule has 2 rings (SSSR count). The van der Waals surface area contributed by atoms with Gasteiger partial charge in [-0.2, -0.15) is 0 Å². The number of rotatable bonds is 1. The van der Waals surface area contributed by atoms with Gasteiger partial charge in [0.15, 0.2) is 0 Å². The van der Waals surface area contributed by atoms with Gasteiger partial charge in [0.1, 0.15) is 0 Å². The van der Waals surface area contributed by atoms with E-state index < -0.39 is 5.60 Å². The minimum Gasteiger partial charge on any atom is -0.387 e. The summed E-state index contributed by atoms with van der Waals surface area (Å²) in [6.45, 7) is 10.6. The minimum atomic E-state index is -0.680. The second-order valence-corrected chi connectivity index (χ2v) is 5.89. The number of anilines is 1. The highest BCUT2D eigenvalue weighted by molar-refractivity contribution is 5.56. The highest BCUT2D eigenvalue weighted by Gasteiger charge is 2.30. The molecule has 1 aliphatic rings. The van der Waals surface area contributed by atoms with Crippen molar-refractivity contribution in [2.24, 2.45) is 0 Å². The fraction of sp³-hybridized carbons (Fsp3) is 0.600. The zero-order valence-corrected chi connectivity index (χ0v) is 11.8. The maximum Gasteiger partial charge on any atom is 0.0917 e. The molecule has 0 spiro atoms. The standard InChI is InChI=1S/C15H24N2O/c1-11-5-6-12(2)14(7-11)17-10-15(4,18)9-16-8-13(17)3/h5-7,13,16,18H,8-10H2,1-4H3. The molecule has 1 aromatic rings. The number of hydrogen-bond acceptors (Lipinski definition) is 3. The van der Waals surface area contributed by atoms with E-state index in [9.17, 15) is 5.11 Å². The van der Waals surface area contributed by atoms with Crippen LogP contribution in [0.2, 0.25) is 0 Å². The van der Waals surface area contributed by atoms with Crippen LogP contribution in [0.25, 0.3) is 0 Å². The van der Waals surface area contributed by atoms with Crippen LogP contribution in [0.1, 0.15) is 25.0 Å². The Labute approximate surface area is 110 Å². The second kappa shape index (κ2) is 4.90. The molecule has 3 nitrogen and oxygen atoms in total. The molecule has 1 heterocycles. The van der Waals surface area contributed by atoms with Crippen molar-refractivity contribution in [3.8, 4) is 0 Å². The molecule has 1 aromatic carbocycles. The summed E-state index contributed by atoms with van der Waals surface area (Å²) in [4.78, 5) is 2.32. The number of aryl methyl sites for hydroxylation is 2. The third kappa shape index (κ3) is 2.85. The van der Waals surface area contributed by atoms with Crippen LogP contribution in [0.4, 0.5) is 5.69 Å². The van der Waals surface area contributed by atoms with Gasteiger partial charge in [0, 0.05) is 31.4 Å². The molecule has 0 aromatic heterocycles. The van der Waals surface area contributed by atoms with Crippen LogP contribution < -0.4 is 10.2 Å². The van der Waals surface area contributed by atoms with E-state index in [-0.39, 0.29) is 0 Å². The van der Waals surface area contributed by atoms with Crippen molar-refractivity contribution in [2.75, 3.05) is 24.5 Å². The summed E-state index contributed by atoms with van der Waals surface area (Å²) in [5.41, 5.74) is 3.09. The lowest BCUT2D eigenvalue weighted by atomic mass is 10.0. The molecule has 0 amide bonds. The van der Waals surface area contributed by atoms with E-state index in [4.69, 9.17) is 0 Å². The Morgan fingerprint density at radius 3 is 2.83 bits per heavy atom. The highest BCUT2D eigenvalue weighted by atomic mass is 16.3. The lowest BCUT2D eigenvalue weighted by Gasteiger charge is -2.34. The van der Waals surface area contributed by atoms with Crippen molar-refractivity contribution in [3.63, 3.8) is 0 Å². The fourth-order valence-electron chi connectivity index (χ4n) is 2.59. The van der Waals surface area contributed by atoms with E-state index in [1.165, 1.54) is 16.8 Å². The van der Waals surface area contributed by atoms with Gasteiger partial charge in [-0.3, -0.25) is 0 Å². The normalized spacial score (nSPS) is 29.2. The maximum atomic E-state index is 10.4. The molecule has 3 heteroatoms. The van der Waals surface area contributed by atoms with E-state index in [0.717, 1.165) is 6.54 Å². The van der Waals surface area contributed by atoms with Crippen molar-refractivity contribution in [1.82, 2.24) is 5.32 Å². The van der Waals surface area contributed by atoms with Gasteiger partial charge in [0.05, 0.1) is 5.60 Å². The van der Waals surface area contributed by atoms with E-state index in [0.29, 0.717) is 19.1 Å². The summed E-state index contributed by atoms with van der Waals surface area (Å²) in [5, 5.41) is 13.7. The lowest BCUT2D eigenvalue weighted by molar-refractivity contribution is 0.0726. The zero-order chi connectivity index (χ0) is 13.3. The average Bonchev–Trinajstić information content (AvgIpc) is 2.41. The Bertz CT molecular complexity index is 429. The van der Waals surface area contributed by atoms with Crippen LogP contribution in [0, 0.1) is 13.8 Å². The van der Waals surface area contributed by atoms with Crippen LogP contribution in [0.3, 0.4) is 0 Å². The Hall–Kier alpha value is -1.06. The van der Waals surface area contributed by atoms with E-state index in [1.54, 1.807) is 0 Å². The lowest BCUT2D eigenvalue weighted by Crippen LogP contribution is -2.45. The van der Waals surface area contributed by atoms with Crippen LogP contribution in [-0.2, 0) is 0 Å². The Morgan fingerprint density at radius 2 is 2.11 bits per heavy atom. The molecule has 1 fully saturated rings. The summed E-state index contributed by atoms with van der Waals surface area (Å²) in [6, 6.07) is 6.90. The molecular formula is C15H24N2O. The molecule has 0 radical (unpaired) electrons. The van der Waals surface area contributed by atoms with Crippen LogP contribution in [-0.4, -0.2) is 36.4 Å². The average molecular weight is 248 g/mol. The molecule has 100 valence electrons. The molecule has 1 aliphatic heterocycles. The van der Waals surface area contributed by atoms with Crippen LogP contribution in [0.15, 0.2) is 18.2 Å². The van der Waals surface area contributed by atoms with Crippen LogP contribution in [0.5, 0.6) is 0 Å². The van der Waals surface area contributed by atoms with Crippen molar-refractivity contribution in [1.29, 1.82) is 0 Å². The van der Waals surface area contributed by atoms with Crippen LogP contribution >= 0.6 is 0 Å². The Kier molecular flexibility index (Phi) is 3.64. The summed E-state index contributed by atoms with van der Waals surface area (Å²) < 4.78 is 0. The number of aliphatic hydroxyl groups is 1. The molecule has 2 atom stereocenters. The van der Waals surface area contributed by atoms with Crippen molar-refractivity contribution in [3.05, 3.63) is 29.3 Å². The van der Waals surface area contributed by atoms with E-state index in [1.807, 2.05) is 6.92 Å². The molecule has 18 heavy (non-hydrogen) atoms. The SMILES string of the molecule is Cc1ccc(C)c(N2CC(C)(O)CNCC2C)c1. The number of nitrogens with zero attached hydrogens (tertiary/aromatic N) is 1. The first-order valence-electron chi connectivity index (χ1n) is 6.66. The molecule has 2 unspecified atom stereocenters. The minimum absolute atomic E-state index is 0.388. The van der Waals surface area contributed by atoms with E-state index in [2.05, 4.69) is 49.2 Å². The fourth-order valence-corrected chi connectivity index (χ4v) is 2.59. The molecule has 0 aliphatic carbocycles. The first-order chi connectivity index (χ1) is 8.39. The van der Waals surface area contributed by atoms with E-state index >= 15 is 0 Å². The summed E-state index contributed by atoms with van der Waals surface area (Å²) in [5.74, 6) is 0. The van der Waals surface area contributed by atoms with Crippen molar-refractivity contribution in [2.45, 2.75) is 39.3 Å². The first-order valence-corrected chi connectivity index (χ1v) is 6.66. The topological polar surface area (TPSA) is 35.5 Å². The van der Waals surface area contributed by atoms with Crippen molar-refractivity contribution >= 4 is 5.69 Å². The van der Waals surface area contributed by atoms with Gasteiger partial charge in [0.2, 0.25) is 0 Å². The zero-order valence-electron chi connectivity index (χ0n) is 11.8. The summed E-state index contributed by atoms with van der Waals surface area (Å²) >= 11 is 0. The smallest absolute Gasteiger partial charge is 0.0917 e. The second-order valence-electron chi connectivity index (χ2n) is 5.89. The monoisotopic (exact) mass is 248 g/mol. The maximum absolute atomic E-state index is 10.4. The number of β-amino-alcohol motifs (C(OH)–C–C–N with tert-alkyl or cyclic N) is 1. The number of hydrogen-bond donors (Lipinski definition) is 2. The number of nitrogens with one attached hydrogen (secondary N) is 1. The predicted molar refractivity (Wildman–Crippen MR) is 76.2 cm³/mol. The van der Waals surface area contributed by atoms with Gasteiger partial charge < -0.3 is 15.3 Å². The van der Waals surface area contributed by atoms with Gasteiger partial charge in [-0.25, -0.2) is 0 Å². The van der Waals surface area contributed by atoms with Gasteiger partial charge in [-0.05, 0) is 44.9 Å². The molecule has 0 bridgehead atoms. The van der Waals surface area contributed by atoms with Gasteiger partial charge in [0.25, 0.3) is 0 Å². The first kappa shape index (κ1) is 13.4. The number of benzene rings is 1. The molecule has 1 saturated heterocycles. The van der Waals surface area contributed by atoms with Gasteiger partial charge >= 0.3 is 0 Å². The molecule has 2 N–H and O–H groups in total. The molecular weight excluding hydrogens is 224 g/mol. The Morgan fingerprint density at radius 1 is 1.39 bits per heavy atom. The Balaban J connectivity index is 2.36.